The molecule has 90 valence electrons. The number of nitrogens with two attached hydrogens (primary N) is 1. The summed E-state index contributed by atoms with van der Waals surface area (Å²) in [7, 11) is 0. The minimum atomic E-state index is -0.633. The predicted molar refractivity (Wildman–Crippen MR) is 61.7 cm³/mol. The van der Waals surface area contributed by atoms with Crippen molar-refractivity contribution in [3.05, 3.63) is 46.0 Å². The summed E-state index contributed by atoms with van der Waals surface area (Å²) in [5.74, 6) is -1.27. The fraction of sp³-hybridized carbons (Fsp3) is 0.273. The molecule has 0 saturated heterocycles. The molecule has 1 aromatic heterocycles. The first kappa shape index (κ1) is 12.1. The van der Waals surface area contributed by atoms with E-state index in [0.29, 0.717) is 12.0 Å². The highest BCUT2D eigenvalue weighted by molar-refractivity contribution is 7.05. The van der Waals surface area contributed by atoms with Gasteiger partial charge in [-0.3, -0.25) is 0 Å². The molecular formula is C11H11F2N3S. The zero-order valence-corrected chi connectivity index (χ0v) is 9.97. The summed E-state index contributed by atoms with van der Waals surface area (Å²) in [6.45, 7) is 1.93. The van der Waals surface area contributed by atoms with Crippen molar-refractivity contribution in [2.75, 3.05) is 0 Å². The fourth-order valence-corrected chi connectivity index (χ4v) is 2.37. The van der Waals surface area contributed by atoms with Crippen LogP contribution in [0.1, 0.15) is 29.1 Å². The second-order valence-electron chi connectivity index (χ2n) is 3.62. The predicted octanol–water partition coefficient (Wildman–Crippen LogP) is 2.43. The summed E-state index contributed by atoms with van der Waals surface area (Å²) >= 11 is 1.16. The van der Waals surface area contributed by atoms with Gasteiger partial charge < -0.3 is 5.73 Å². The SMILES string of the molecule is CCc1nnsc1C(N)c1cc(F)cc(F)c1. The monoisotopic (exact) mass is 255 g/mol. The first-order chi connectivity index (χ1) is 8.11. The number of rotatable bonds is 3. The van der Waals surface area contributed by atoms with E-state index >= 15 is 0 Å². The zero-order valence-electron chi connectivity index (χ0n) is 9.15. The molecule has 1 atom stereocenters. The van der Waals surface area contributed by atoms with E-state index in [1.54, 1.807) is 0 Å². The standard InChI is InChI=1S/C11H11F2N3S/c1-2-9-11(17-16-15-9)10(14)6-3-7(12)5-8(13)4-6/h3-5,10H,2,14H2,1H3. The molecule has 1 unspecified atom stereocenters. The Morgan fingerprint density at radius 3 is 2.53 bits per heavy atom. The first-order valence-corrected chi connectivity index (χ1v) is 5.92. The van der Waals surface area contributed by atoms with E-state index in [1.165, 1.54) is 12.1 Å². The number of aryl methyl sites for hydroxylation is 1. The van der Waals surface area contributed by atoms with Crippen LogP contribution < -0.4 is 5.73 Å². The normalized spacial score (nSPS) is 12.7. The maximum absolute atomic E-state index is 13.1. The minimum Gasteiger partial charge on any atom is -0.319 e. The number of halogens is 2. The molecule has 2 aromatic rings. The summed E-state index contributed by atoms with van der Waals surface area (Å²) in [5.41, 5.74) is 7.13. The average Bonchev–Trinajstić information content (AvgIpc) is 2.74. The van der Waals surface area contributed by atoms with E-state index in [4.69, 9.17) is 5.73 Å². The van der Waals surface area contributed by atoms with E-state index < -0.39 is 17.7 Å². The van der Waals surface area contributed by atoms with Crippen molar-refractivity contribution in [3.8, 4) is 0 Å². The summed E-state index contributed by atoms with van der Waals surface area (Å²) < 4.78 is 30.0. The van der Waals surface area contributed by atoms with Crippen LogP contribution in [0.15, 0.2) is 18.2 Å². The Hall–Kier alpha value is -1.40. The van der Waals surface area contributed by atoms with Crippen molar-refractivity contribution in [1.29, 1.82) is 0 Å². The van der Waals surface area contributed by atoms with Crippen LogP contribution >= 0.6 is 11.5 Å². The van der Waals surface area contributed by atoms with Crippen LogP contribution in [0.4, 0.5) is 8.78 Å². The van der Waals surface area contributed by atoms with Gasteiger partial charge in [0.05, 0.1) is 16.6 Å². The van der Waals surface area contributed by atoms with Gasteiger partial charge in [-0.1, -0.05) is 11.4 Å². The molecule has 1 heterocycles. The maximum atomic E-state index is 13.1. The average molecular weight is 255 g/mol. The van der Waals surface area contributed by atoms with Gasteiger partial charge in [0.15, 0.2) is 0 Å². The quantitative estimate of drug-likeness (QED) is 0.916. The van der Waals surface area contributed by atoms with Crippen molar-refractivity contribution < 1.29 is 8.78 Å². The second-order valence-corrected chi connectivity index (χ2v) is 4.40. The molecule has 17 heavy (non-hydrogen) atoms. The molecule has 0 aliphatic carbocycles. The van der Waals surface area contributed by atoms with Gasteiger partial charge in [0, 0.05) is 6.07 Å². The van der Waals surface area contributed by atoms with Gasteiger partial charge >= 0.3 is 0 Å². The Labute approximate surface area is 101 Å². The minimum absolute atomic E-state index is 0.392. The number of hydrogen-bond donors (Lipinski definition) is 1. The maximum Gasteiger partial charge on any atom is 0.126 e. The molecule has 1 aromatic carbocycles. The van der Waals surface area contributed by atoms with Crippen LogP contribution in [0.3, 0.4) is 0 Å². The summed E-state index contributed by atoms with van der Waals surface area (Å²) in [5, 5.41) is 3.93. The number of nitrogens with zero attached hydrogens (tertiary/aromatic N) is 2. The highest BCUT2D eigenvalue weighted by Gasteiger charge is 2.17. The molecule has 0 aliphatic heterocycles. The molecule has 0 saturated carbocycles. The lowest BCUT2D eigenvalue weighted by Crippen LogP contribution is -2.13. The van der Waals surface area contributed by atoms with Gasteiger partial charge in [0.1, 0.15) is 11.6 Å². The van der Waals surface area contributed by atoms with Crippen LogP contribution in [-0.4, -0.2) is 9.59 Å². The van der Waals surface area contributed by atoms with Crippen LogP contribution in [0.2, 0.25) is 0 Å². The highest BCUT2D eigenvalue weighted by atomic mass is 32.1. The number of aromatic nitrogens is 2. The smallest absolute Gasteiger partial charge is 0.126 e. The lowest BCUT2D eigenvalue weighted by Gasteiger charge is -2.11. The second kappa shape index (κ2) is 4.85. The van der Waals surface area contributed by atoms with E-state index in [2.05, 4.69) is 9.59 Å². The number of benzene rings is 1. The van der Waals surface area contributed by atoms with Crippen molar-refractivity contribution in [1.82, 2.24) is 9.59 Å². The largest absolute Gasteiger partial charge is 0.319 e. The molecule has 6 heteroatoms. The summed E-state index contributed by atoms with van der Waals surface area (Å²) in [4.78, 5) is 0.748. The molecule has 0 aliphatic rings. The number of hydrogen-bond acceptors (Lipinski definition) is 4. The Bertz CT molecular complexity index is 507. The zero-order chi connectivity index (χ0) is 12.4. The molecular weight excluding hydrogens is 244 g/mol. The van der Waals surface area contributed by atoms with E-state index in [-0.39, 0.29) is 0 Å². The Morgan fingerprint density at radius 2 is 1.94 bits per heavy atom. The summed E-state index contributed by atoms with van der Waals surface area (Å²) in [6, 6.07) is 2.69. The lowest BCUT2D eigenvalue weighted by molar-refractivity contribution is 0.577. The van der Waals surface area contributed by atoms with Gasteiger partial charge in [-0.15, -0.1) is 5.10 Å². The topological polar surface area (TPSA) is 51.8 Å². The van der Waals surface area contributed by atoms with E-state index in [1.807, 2.05) is 6.92 Å². The van der Waals surface area contributed by atoms with E-state index in [0.717, 1.165) is 28.2 Å². The Balaban J connectivity index is 2.39. The third-order valence-corrected chi connectivity index (χ3v) is 3.30. The van der Waals surface area contributed by atoms with Gasteiger partial charge in [0.2, 0.25) is 0 Å². The van der Waals surface area contributed by atoms with Crippen molar-refractivity contribution >= 4 is 11.5 Å². The van der Waals surface area contributed by atoms with E-state index in [9.17, 15) is 8.78 Å². The van der Waals surface area contributed by atoms with Gasteiger partial charge in [-0.05, 0) is 35.6 Å². The third-order valence-electron chi connectivity index (χ3n) is 2.45. The molecule has 2 N–H and O–H groups in total. The fourth-order valence-electron chi connectivity index (χ4n) is 1.60. The van der Waals surface area contributed by atoms with Crippen molar-refractivity contribution in [3.63, 3.8) is 0 Å². The highest BCUT2D eigenvalue weighted by Crippen LogP contribution is 2.26. The molecule has 2 rings (SSSR count). The molecule has 0 fully saturated rings. The van der Waals surface area contributed by atoms with Gasteiger partial charge in [-0.25, -0.2) is 8.78 Å². The van der Waals surface area contributed by atoms with Crippen LogP contribution in [0.25, 0.3) is 0 Å². The first-order valence-electron chi connectivity index (χ1n) is 5.14. The van der Waals surface area contributed by atoms with Gasteiger partial charge in [0.25, 0.3) is 0 Å². The molecule has 0 bridgehead atoms. The van der Waals surface area contributed by atoms with Crippen molar-refractivity contribution in [2.45, 2.75) is 19.4 Å². The van der Waals surface area contributed by atoms with Crippen LogP contribution in [0, 0.1) is 11.6 Å². The summed E-state index contributed by atoms with van der Waals surface area (Å²) in [6.07, 6.45) is 0.692. The molecule has 3 nitrogen and oxygen atoms in total. The Kier molecular flexibility index (Phi) is 3.44. The Morgan fingerprint density at radius 1 is 1.29 bits per heavy atom. The van der Waals surface area contributed by atoms with Crippen molar-refractivity contribution in [2.24, 2.45) is 5.73 Å². The molecule has 0 amide bonds. The molecule has 0 radical (unpaired) electrons. The third kappa shape index (κ3) is 2.48. The lowest BCUT2D eigenvalue weighted by atomic mass is 10.0. The molecule has 0 spiro atoms. The van der Waals surface area contributed by atoms with Crippen LogP contribution in [-0.2, 0) is 6.42 Å². The van der Waals surface area contributed by atoms with Crippen LogP contribution in [0.5, 0.6) is 0 Å². The van der Waals surface area contributed by atoms with Gasteiger partial charge in [-0.2, -0.15) is 0 Å².